The van der Waals surface area contributed by atoms with Crippen molar-refractivity contribution in [3.8, 4) is 5.75 Å². The van der Waals surface area contributed by atoms with Gasteiger partial charge in [-0.1, -0.05) is 34.8 Å². The van der Waals surface area contributed by atoms with E-state index in [2.05, 4.69) is 0 Å². The van der Waals surface area contributed by atoms with Crippen molar-refractivity contribution in [2.45, 2.75) is 18.9 Å². The van der Waals surface area contributed by atoms with Gasteiger partial charge in [-0.15, -0.1) is 0 Å². The molecule has 1 fully saturated rings. The number of ketones is 1. The molecule has 0 radical (unpaired) electrons. The summed E-state index contributed by atoms with van der Waals surface area (Å²) in [6, 6.07) is 3.09. The first-order valence-corrected chi connectivity index (χ1v) is 5.52. The largest absolute Gasteiger partial charge is 0.488 e. The van der Waals surface area contributed by atoms with E-state index >= 15 is 0 Å². The van der Waals surface area contributed by atoms with E-state index < -0.39 is 0 Å². The van der Waals surface area contributed by atoms with Crippen molar-refractivity contribution in [2.75, 3.05) is 0 Å². The third-order valence-corrected chi connectivity index (χ3v) is 3.20. The van der Waals surface area contributed by atoms with Crippen molar-refractivity contribution in [1.82, 2.24) is 0 Å². The maximum absolute atomic E-state index is 10.7. The number of hydrogen-bond acceptors (Lipinski definition) is 2. The number of rotatable bonds is 2. The average molecular weight is 266 g/mol. The number of carbonyl (C=O) groups excluding carboxylic acids is 1. The lowest BCUT2D eigenvalue weighted by molar-refractivity contribution is -0.129. The monoisotopic (exact) mass is 264 g/mol. The summed E-state index contributed by atoms with van der Waals surface area (Å²) in [6.07, 6.45) is 0.805. The van der Waals surface area contributed by atoms with E-state index in [-0.39, 0.29) is 11.9 Å². The van der Waals surface area contributed by atoms with Crippen LogP contribution in [0.2, 0.25) is 15.1 Å². The highest BCUT2D eigenvalue weighted by Gasteiger charge is 2.28. The lowest BCUT2D eigenvalue weighted by Crippen LogP contribution is -2.33. The maximum atomic E-state index is 10.7. The van der Waals surface area contributed by atoms with Crippen LogP contribution < -0.4 is 4.74 Å². The first kappa shape index (κ1) is 11.1. The van der Waals surface area contributed by atoms with Crippen molar-refractivity contribution in [3.63, 3.8) is 0 Å². The van der Waals surface area contributed by atoms with Crippen LogP contribution in [0.4, 0.5) is 0 Å². The van der Waals surface area contributed by atoms with Gasteiger partial charge in [0.05, 0.1) is 15.1 Å². The minimum absolute atomic E-state index is 0.0766. The molecule has 1 aliphatic carbocycles. The zero-order valence-electron chi connectivity index (χ0n) is 7.60. The van der Waals surface area contributed by atoms with Crippen molar-refractivity contribution in [2.24, 2.45) is 0 Å². The van der Waals surface area contributed by atoms with E-state index in [0.29, 0.717) is 33.7 Å². The Morgan fingerprint density at radius 3 is 2.27 bits per heavy atom. The van der Waals surface area contributed by atoms with Gasteiger partial charge in [0.25, 0.3) is 0 Å². The highest BCUT2D eigenvalue weighted by Crippen LogP contribution is 2.35. The van der Waals surface area contributed by atoms with E-state index in [1.807, 2.05) is 0 Å². The molecular weight excluding hydrogens is 258 g/mol. The van der Waals surface area contributed by atoms with E-state index in [1.165, 1.54) is 6.07 Å². The first-order chi connectivity index (χ1) is 7.06. The normalized spacial score (nSPS) is 16.3. The zero-order valence-corrected chi connectivity index (χ0v) is 9.86. The van der Waals surface area contributed by atoms with Gasteiger partial charge in [0.15, 0.2) is 0 Å². The van der Waals surface area contributed by atoms with E-state index in [0.717, 1.165) is 0 Å². The molecule has 0 bridgehead atoms. The van der Waals surface area contributed by atoms with Crippen LogP contribution in [0.1, 0.15) is 12.8 Å². The molecule has 2 nitrogen and oxygen atoms in total. The summed E-state index contributed by atoms with van der Waals surface area (Å²) in [5, 5.41) is 1.18. The summed E-state index contributed by atoms with van der Waals surface area (Å²) < 4.78 is 5.49. The Morgan fingerprint density at radius 2 is 1.67 bits per heavy atom. The molecule has 0 N–H and O–H groups in total. The van der Waals surface area contributed by atoms with Gasteiger partial charge in [0.2, 0.25) is 0 Å². The number of hydrogen-bond donors (Lipinski definition) is 0. The first-order valence-electron chi connectivity index (χ1n) is 4.39. The molecule has 0 aliphatic heterocycles. The van der Waals surface area contributed by atoms with Gasteiger partial charge >= 0.3 is 0 Å². The molecule has 15 heavy (non-hydrogen) atoms. The Labute approximate surface area is 102 Å². The Morgan fingerprint density at radius 1 is 1.07 bits per heavy atom. The van der Waals surface area contributed by atoms with Crippen LogP contribution in [0.25, 0.3) is 0 Å². The molecule has 0 amide bonds. The molecule has 5 heteroatoms. The molecule has 0 unspecified atom stereocenters. The number of carbonyl (C=O) groups is 1. The van der Waals surface area contributed by atoms with Crippen LogP contribution in [0, 0.1) is 0 Å². The third-order valence-electron chi connectivity index (χ3n) is 2.18. The summed E-state index contributed by atoms with van der Waals surface area (Å²) in [5.74, 6) is 0.680. The summed E-state index contributed by atoms with van der Waals surface area (Å²) >= 11 is 17.5. The van der Waals surface area contributed by atoms with Crippen LogP contribution in [-0.4, -0.2) is 11.9 Å². The van der Waals surface area contributed by atoms with Gasteiger partial charge in [0.1, 0.15) is 17.6 Å². The SMILES string of the molecule is O=C1CC(Oc2cc(Cl)c(Cl)cc2Cl)C1. The molecule has 0 aromatic heterocycles. The predicted octanol–water partition coefficient (Wildman–Crippen LogP) is 3.76. The molecule has 80 valence electrons. The minimum atomic E-state index is -0.0766. The predicted molar refractivity (Wildman–Crippen MR) is 60.1 cm³/mol. The summed E-state index contributed by atoms with van der Waals surface area (Å²) in [5.41, 5.74) is 0. The summed E-state index contributed by atoms with van der Waals surface area (Å²) in [6.45, 7) is 0. The fourth-order valence-electron chi connectivity index (χ4n) is 1.31. The van der Waals surface area contributed by atoms with E-state index in [9.17, 15) is 4.79 Å². The van der Waals surface area contributed by atoms with Gasteiger partial charge in [-0.25, -0.2) is 0 Å². The maximum Gasteiger partial charge on any atom is 0.140 e. The van der Waals surface area contributed by atoms with Gasteiger partial charge in [-0.05, 0) is 6.07 Å². The summed E-state index contributed by atoms with van der Waals surface area (Å²) in [7, 11) is 0. The standard InChI is InChI=1S/C10H7Cl3O2/c11-7-3-9(13)10(4-8(7)12)15-6-1-5(14)2-6/h3-4,6H,1-2H2. The smallest absolute Gasteiger partial charge is 0.140 e. The lowest BCUT2D eigenvalue weighted by Gasteiger charge is -2.25. The highest BCUT2D eigenvalue weighted by molar-refractivity contribution is 6.43. The van der Waals surface area contributed by atoms with Crippen molar-refractivity contribution in [1.29, 1.82) is 0 Å². The van der Waals surface area contributed by atoms with Crippen LogP contribution >= 0.6 is 34.8 Å². The molecular formula is C10H7Cl3O2. The third kappa shape index (κ3) is 2.39. The fourth-order valence-corrected chi connectivity index (χ4v) is 1.89. The summed E-state index contributed by atoms with van der Waals surface area (Å²) in [4.78, 5) is 10.7. The second kappa shape index (κ2) is 4.20. The van der Waals surface area contributed by atoms with Crippen LogP contribution in [-0.2, 0) is 4.79 Å². The molecule has 0 heterocycles. The van der Waals surface area contributed by atoms with Crippen molar-refractivity contribution >= 4 is 40.6 Å². The van der Waals surface area contributed by atoms with E-state index in [1.54, 1.807) is 6.07 Å². The number of halogens is 3. The average Bonchev–Trinajstić information content (AvgIpc) is 2.11. The second-order valence-corrected chi connectivity index (χ2v) is 4.61. The molecule has 1 aliphatic rings. The molecule has 2 rings (SSSR count). The molecule has 1 saturated carbocycles. The molecule has 0 spiro atoms. The number of benzene rings is 1. The quantitative estimate of drug-likeness (QED) is 0.761. The molecule has 0 saturated heterocycles. The van der Waals surface area contributed by atoms with Crippen LogP contribution in [0.3, 0.4) is 0 Å². The van der Waals surface area contributed by atoms with Crippen LogP contribution in [0.15, 0.2) is 12.1 Å². The van der Waals surface area contributed by atoms with E-state index in [4.69, 9.17) is 39.5 Å². The van der Waals surface area contributed by atoms with Gasteiger partial charge in [-0.3, -0.25) is 4.79 Å². The minimum Gasteiger partial charge on any atom is -0.488 e. The van der Waals surface area contributed by atoms with Crippen LogP contribution in [0.5, 0.6) is 5.75 Å². The Balaban J connectivity index is 2.14. The lowest BCUT2D eigenvalue weighted by atomic mass is 9.94. The molecule has 1 aromatic rings. The van der Waals surface area contributed by atoms with Crippen molar-refractivity contribution in [3.05, 3.63) is 27.2 Å². The van der Waals surface area contributed by atoms with Gasteiger partial charge in [-0.2, -0.15) is 0 Å². The number of Topliss-reactive ketones (excluding diaryl/α,β-unsaturated/α-hetero) is 1. The Bertz CT molecular complexity index is 409. The Hall–Kier alpha value is -0.440. The van der Waals surface area contributed by atoms with Gasteiger partial charge in [0, 0.05) is 18.9 Å². The molecule has 1 aromatic carbocycles. The Kier molecular flexibility index (Phi) is 3.10. The second-order valence-electron chi connectivity index (χ2n) is 3.38. The topological polar surface area (TPSA) is 26.3 Å². The highest BCUT2D eigenvalue weighted by atomic mass is 35.5. The van der Waals surface area contributed by atoms with Crippen molar-refractivity contribution < 1.29 is 9.53 Å². The zero-order chi connectivity index (χ0) is 11.0. The molecule has 0 atom stereocenters. The fraction of sp³-hybridized carbons (Fsp3) is 0.300. The number of ether oxygens (including phenoxy) is 1. The van der Waals surface area contributed by atoms with Gasteiger partial charge < -0.3 is 4.74 Å².